The standard InChI is InChI=1S/C9H16N2O2/c1-10(2)8-3-5-11(6-4-8)9(13)7-12/h7-8H,3-6H2,1-2H3. The summed E-state index contributed by atoms with van der Waals surface area (Å²) in [6, 6.07) is 0.552. The molecule has 0 aromatic heterocycles. The Balaban J connectivity index is 2.38. The van der Waals surface area contributed by atoms with Gasteiger partial charge in [0.25, 0.3) is 5.91 Å². The molecule has 0 atom stereocenters. The number of carbonyl (C=O) groups excluding carboxylic acids is 2. The first-order chi connectivity index (χ1) is 6.15. The van der Waals surface area contributed by atoms with Crippen LogP contribution in [0.3, 0.4) is 0 Å². The lowest BCUT2D eigenvalue weighted by molar-refractivity contribution is -0.139. The highest BCUT2D eigenvalue weighted by Gasteiger charge is 2.22. The molecular formula is C9H16N2O2. The van der Waals surface area contributed by atoms with Crippen LogP contribution in [0.4, 0.5) is 0 Å². The quantitative estimate of drug-likeness (QED) is 0.438. The number of likely N-dealkylation sites (tertiary alicyclic amines) is 1. The zero-order valence-electron chi connectivity index (χ0n) is 8.19. The molecule has 0 N–H and O–H groups in total. The van der Waals surface area contributed by atoms with Crippen molar-refractivity contribution in [1.29, 1.82) is 0 Å². The predicted octanol–water partition coefficient (Wildman–Crippen LogP) is -0.262. The highest BCUT2D eigenvalue weighted by atomic mass is 16.2. The first-order valence-corrected chi connectivity index (χ1v) is 4.55. The molecule has 0 spiro atoms. The van der Waals surface area contributed by atoms with Crippen molar-refractivity contribution < 1.29 is 9.59 Å². The van der Waals surface area contributed by atoms with Gasteiger partial charge < -0.3 is 9.80 Å². The van der Waals surface area contributed by atoms with Crippen molar-refractivity contribution in [3.63, 3.8) is 0 Å². The van der Waals surface area contributed by atoms with Crippen LogP contribution in [-0.4, -0.2) is 55.2 Å². The predicted molar refractivity (Wildman–Crippen MR) is 49.4 cm³/mol. The third-order valence-corrected chi connectivity index (χ3v) is 2.61. The van der Waals surface area contributed by atoms with Crippen molar-refractivity contribution >= 4 is 12.2 Å². The number of amides is 1. The second-order valence-electron chi connectivity index (χ2n) is 3.64. The third-order valence-electron chi connectivity index (χ3n) is 2.61. The largest absolute Gasteiger partial charge is 0.336 e. The van der Waals surface area contributed by atoms with Gasteiger partial charge in [-0.15, -0.1) is 0 Å². The van der Waals surface area contributed by atoms with Gasteiger partial charge in [0.2, 0.25) is 6.29 Å². The monoisotopic (exact) mass is 184 g/mol. The Kier molecular flexibility index (Phi) is 3.42. The summed E-state index contributed by atoms with van der Waals surface area (Å²) in [6.45, 7) is 1.42. The first kappa shape index (κ1) is 10.2. The molecule has 0 unspecified atom stereocenters. The Labute approximate surface area is 78.5 Å². The van der Waals surface area contributed by atoms with Crippen molar-refractivity contribution in [1.82, 2.24) is 9.80 Å². The van der Waals surface area contributed by atoms with Crippen molar-refractivity contribution in [2.45, 2.75) is 18.9 Å². The van der Waals surface area contributed by atoms with Gasteiger partial charge in [0.1, 0.15) is 0 Å². The molecule has 4 heteroatoms. The minimum absolute atomic E-state index is 0.378. The van der Waals surface area contributed by atoms with Crippen LogP contribution >= 0.6 is 0 Å². The van der Waals surface area contributed by atoms with Crippen LogP contribution < -0.4 is 0 Å². The zero-order chi connectivity index (χ0) is 9.84. The number of hydrogen-bond acceptors (Lipinski definition) is 3. The average molecular weight is 184 g/mol. The van der Waals surface area contributed by atoms with E-state index in [-0.39, 0.29) is 5.91 Å². The number of carbonyl (C=O) groups is 2. The van der Waals surface area contributed by atoms with Crippen LogP contribution in [0.25, 0.3) is 0 Å². The van der Waals surface area contributed by atoms with E-state index in [2.05, 4.69) is 4.90 Å². The SMILES string of the molecule is CN(C)C1CCN(C(=O)C=O)CC1. The first-order valence-electron chi connectivity index (χ1n) is 4.55. The van der Waals surface area contributed by atoms with E-state index in [9.17, 15) is 9.59 Å². The molecule has 1 saturated heterocycles. The molecule has 0 bridgehead atoms. The molecule has 1 aliphatic heterocycles. The lowest BCUT2D eigenvalue weighted by Crippen LogP contribution is -2.44. The fraction of sp³-hybridized carbons (Fsp3) is 0.778. The van der Waals surface area contributed by atoms with Crippen LogP contribution in [0.1, 0.15) is 12.8 Å². The van der Waals surface area contributed by atoms with Crippen molar-refractivity contribution in [3.8, 4) is 0 Å². The number of piperidine rings is 1. The topological polar surface area (TPSA) is 40.6 Å². The summed E-state index contributed by atoms with van der Waals surface area (Å²) in [5.41, 5.74) is 0. The second kappa shape index (κ2) is 4.37. The van der Waals surface area contributed by atoms with E-state index in [0.717, 1.165) is 12.8 Å². The van der Waals surface area contributed by atoms with Crippen LogP contribution in [-0.2, 0) is 9.59 Å². The van der Waals surface area contributed by atoms with Gasteiger partial charge in [-0.3, -0.25) is 9.59 Å². The van der Waals surface area contributed by atoms with E-state index in [0.29, 0.717) is 25.4 Å². The van der Waals surface area contributed by atoms with E-state index in [1.807, 2.05) is 14.1 Å². The highest BCUT2D eigenvalue weighted by molar-refractivity contribution is 6.23. The van der Waals surface area contributed by atoms with Crippen molar-refractivity contribution in [3.05, 3.63) is 0 Å². The molecule has 0 radical (unpaired) electrons. The fourth-order valence-corrected chi connectivity index (χ4v) is 1.68. The van der Waals surface area contributed by atoms with Gasteiger partial charge >= 0.3 is 0 Å². The molecule has 74 valence electrons. The normalized spacial score (nSPS) is 19.2. The number of aldehydes is 1. The molecule has 0 aromatic rings. The molecule has 1 amide bonds. The fourth-order valence-electron chi connectivity index (χ4n) is 1.68. The summed E-state index contributed by atoms with van der Waals surface area (Å²) in [7, 11) is 4.09. The molecule has 0 aromatic carbocycles. The smallest absolute Gasteiger partial charge is 0.286 e. The van der Waals surface area contributed by atoms with E-state index < -0.39 is 0 Å². The molecular weight excluding hydrogens is 168 g/mol. The van der Waals surface area contributed by atoms with Crippen LogP contribution in [0, 0.1) is 0 Å². The third kappa shape index (κ3) is 2.52. The van der Waals surface area contributed by atoms with Gasteiger partial charge in [0.15, 0.2) is 0 Å². The van der Waals surface area contributed by atoms with Crippen molar-refractivity contribution in [2.24, 2.45) is 0 Å². The van der Waals surface area contributed by atoms with Gasteiger partial charge in [0.05, 0.1) is 0 Å². The highest BCUT2D eigenvalue weighted by Crippen LogP contribution is 2.13. The maximum absolute atomic E-state index is 11.0. The molecule has 0 aliphatic carbocycles. The summed E-state index contributed by atoms with van der Waals surface area (Å²) in [5.74, 6) is -0.378. The molecule has 0 saturated carbocycles. The minimum atomic E-state index is -0.378. The van der Waals surface area contributed by atoms with E-state index in [4.69, 9.17) is 0 Å². The zero-order valence-corrected chi connectivity index (χ0v) is 8.19. The Morgan fingerprint density at radius 2 is 1.92 bits per heavy atom. The van der Waals surface area contributed by atoms with E-state index in [1.54, 1.807) is 4.90 Å². The molecule has 1 rings (SSSR count). The van der Waals surface area contributed by atoms with Crippen molar-refractivity contribution in [2.75, 3.05) is 27.2 Å². The Morgan fingerprint density at radius 1 is 1.38 bits per heavy atom. The van der Waals surface area contributed by atoms with Crippen LogP contribution in [0.2, 0.25) is 0 Å². The minimum Gasteiger partial charge on any atom is -0.336 e. The Bertz CT molecular complexity index is 196. The van der Waals surface area contributed by atoms with E-state index in [1.165, 1.54) is 0 Å². The molecule has 1 fully saturated rings. The average Bonchev–Trinajstić information content (AvgIpc) is 2.17. The van der Waals surface area contributed by atoms with Gasteiger partial charge in [-0.25, -0.2) is 0 Å². The Morgan fingerprint density at radius 3 is 2.31 bits per heavy atom. The van der Waals surface area contributed by atoms with Gasteiger partial charge in [-0.2, -0.15) is 0 Å². The Hall–Kier alpha value is -0.900. The van der Waals surface area contributed by atoms with Gasteiger partial charge in [0, 0.05) is 19.1 Å². The van der Waals surface area contributed by atoms with Crippen LogP contribution in [0.5, 0.6) is 0 Å². The maximum Gasteiger partial charge on any atom is 0.286 e. The molecule has 13 heavy (non-hydrogen) atoms. The summed E-state index contributed by atoms with van der Waals surface area (Å²) in [4.78, 5) is 25.0. The summed E-state index contributed by atoms with van der Waals surface area (Å²) < 4.78 is 0. The van der Waals surface area contributed by atoms with Gasteiger partial charge in [-0.1, -0.05) is 0 Å². The maximum atomic E-state index is 11.0. The molecule has 1 heterocycles. The summed E-state index contributed by atoms with van der Waals surface area (Å²) in [6.07, 6.45) is 2.33. The lowest BCUT2D eigenvalue weighted by atomic mass is 10.0. The van der Waals surface area contributed by atoms with Crippen LogP contribution in [0.15, 0.2) is 0 Å². The number of nitrogens with zero attached hydrogens (tertiary/aromatic N) is 2. The van der Waals surface area contributed by atoms with Gasteiger partial charge in [-0.05, 0) is 26.9 Å². The molecule has 1 aliphatic rings. The molecule has 4 nitrogen and oxygen atoms in total. The summed E-state index contributed by atoms with van der Waals surface area (Å²) in [5, 5.41) is 0. The van der Waals surface area contributed by atoms with E-state index >= 15 is 0 Å². The number of rotatable bonds is 2. The summed E-state index contributed by atoms with van der Waals surface area (Å²) >= 11 is 0. The second-order valence-corrected chi connectivity index (χ2v) is 3.64. The lowest BCUT2D eigenvalue weighted by Gasteiger charge is -2.34. The number of hydrogen-bond donors (Lipinski definition) is 0.